The van der Waals surface area contributed by atoms with Crippen LogP contribution in [-0.2, 0) is 10.0 Å². The fraction of sp³-hybridized carbons (Fsp3) is 0.625. The zero-order chi connectivity index (χ0) is 15.0. The van der Waals surface area contributed by atoms with E-state index in [0.717, 1.165) is 18.4 Å². The summed E-state index contributed by atoms with van der Waals surface area (Å²) in [6.07, 6.45) is 4.25. The van der Waals surface area contributed by atoms with Crippen LogP contribution in [0.3, 0.4) is 0 Å². The third-order valence-corrected chi connectivity index (χ3v) is 7.04. The summed E-state index contributed by atoms with van der Waals surface area (Å²) >= 11 is 0. The third-order valence-electron chi connectivity index (χ3n) is 4.85. The Kier molecular flexibility index (Phi) is 4.08. The first kappa shape index (κ1) is 15.0. The van der Waals surface area contributed by atoms with Crippen LogP contribution in [0.5, 0.6) is 0 Å². The van der Waals surface area contributed by atoms with Crippen molar-refractivity contribution in [3.8, 4) is 0 Å². The molecule has 2 aliphatic rings. The van der Waals surface area contributed by atoms with Gasteiger partial charge in [-0.3, -0.25) is 0 Å². The number of nitrogens with zero attached hydrogens (tertiary/aromatic N) is 1. The summed E-state index contributed by atoms with van der Waals surface area (Å²) in [6, 6.07) is 8.41. The molecule has 1 N–H and O–H groups in total. The quantitative estimate of drug-likeness (QED) is 0.928. The Morgan fingerprint density at radius 1 is 1.19 bits per heavy atom. The van der Waals surface area contributed by atoms with Crippen molar-refractivity contribution < 1.29 is 8.42 Å². The molecule has 116 valence electrons. The van der Waals surface area contributed by atoms with Crippen molar-refractivity contribution in [3.05, 3.63) is 29.8 Å². The number of nitrogens with one attached hydrogen (secondary N) is 1. The summed E-state index contributed by atoms with van der Waals surface area (Å²) in [4.78, 5) is 0.456. The minimum atomic E-state index is -3.39. The molecular formula is C16H24N2O2S. The summed E-state index contributed by atoms with van der Waals surface area (Å²) in [5, 5.41) is 3.58. The van der Waals surface area contributed by atoms with Gasteiger partial charge >= 0.3 is 0 Å². The van der Waals surface area contributed by atoms with Crippen molar-refractivity contribution in [1.29, 1.82) is 0 Å². The SMILES string of the molecule is CCN(C1CC2CCC(C1)N2)S(=O)(=O)c1ccccc1C. The largest absolute Gasteiger partial charge is 0.311 e. The molecule has 21 heavy (non-hydrogen) atoms. The predicted molar refractivity (Wildman–Crippen MR) is 83.7 cm³/mol. The Morgan fingerprint density at radius 3 is 2.38 bits per heavy atom. The lowest BCUT2D eigenvalue weighted by molar-refractivity contribution is 0.232. The Balaban J connectivity index is 1.90. The molecule has 1 aromatic rings. The van der Waals surface area contributed by atoms with E-state index in [2.05, 4.69) is 5.32 Å². The van der Waals surface area contributed by atoms with Gasteiger partial charge in [0.15, 0.2) is 0 Å². The lowest BCUT2D eigenvalue weighted by Crippen LogP contribution is -2.50. The molecule has 2 unspecified atom stereocenters. The number of hydrogen-bond donors (Lipinski definition) is 1. The lowest BCUT2D eigenvalue weighted by atomic mass is 10.00. The maximum absolute atomic E-state index is 13.0. The van der Waals surface area contributed by atoms with Crippen molar-refractivity contribution in [2.24, 2.45) is 0 Å². The summed E-state index contributed by atoms with van der Waals surface area (Å²) in [6.45, 7) is 4.35. The minimum Gasteiger partial charge on any atom is -0.311 e. The van der Waals surface area contributed by atoms with E-state index >= 15 is 0 Å². The molecule has 2 fully saturated rings. The Labute approximate surface area is 127 Å². The molecular weight excluding hydrogens is 284 g/mol. The van der Waals surface area contributed by atoms with E-state index in [1.54, 1.807) is 16.4 Å². The van der Waals surface area contributed by atoms with Crippen LogP contribution in [0.1, 0.15) is 38.2 Å². The number of hydrogen-bond acceptors (Lipinski definition) is 3. The van der Waals surface area contributed by atoms with Crippen LogP contribution in [0.15, 0.2) is 29.2 Å². The van der Waals surface area contributed by atoms with Gasteiger partial charge in [-0.2, -0.15) is 4.31 Å². The van der Waals surface area contributed by atoms with Crippen LogP contribution in [0.4, 0.5) is 0 Å². The van der Waals surface area contributed by atoms with Gasteiger partial charge in [0, 0.05) is 24.7 Å². The van der Waals surface area contributed by atoms with E-state index in [9.17, 15) is 8.42 Å². The van der Waals surface area contributed by atoms with Crippen molar-refractivity contribution >= 4 is 10.0 Å². The first-order valence-corrected chi connectivity index (χ1v) is 9.30. The normalized spacial score (nSPS) is 29.0. The van der Waals surface area contributed by atoms with Crippen LogP contribution < -0.4 is 5.32 Å². The van der Waals surface area contributed by atoms with Gasteiger partial charge in [0.05, 0.1) is 4.90 Å². The molecule has 5 heteroatoms. The average molecular weight is 308 g/mol. The number of benzene rings is 1. The molecule has 0 saturated carbocycles. The van der Waals surface area contributed by atoms with E-state index in [-0.39, 0.29) is 6.04 Å². The molecule has 3 rings (SSSR count). The fourth-order valence-corrected chi connectivity index (χ4v) is 5.74. The van der Waals surface area contributed by atoms with Gasteiger partial charge < -0.3 is 5.32 Å². The van der Waals surface area contributed by atoms with E-state index in [1.807, 2.05) is 26.0 Å². The second-order valence-electron chi connectivity index (χ2n) is 6.24. The molecule has 2 heterocycles. The average Bonchev–Trinajstić information content (AvgIpc) is 2.78. The lowest BCUT2D eigenvalue weighted by Gasteiger charge is -2.36. The molecule has 1 aromatic carbocycles. The summed E-state index contributed by atoms with van der Waals surface area (Å²) in [5.41, 5.74) is 0.827. The number of sulfonamides is 1. The van der Waals surface area contributed by atoms with Gasteiger partial charge in [-0.25, -0.2) is 8.42 Å². The third kappa shape index (κ3) is 2.74. The number of fused-ring (bicyclic) bond motifs is 2. The highest BCUT2D eigenvalue weighted by molar-refractivity contribution is 7.89. The molecule has 0 radical (unpaired) electrons. The fourth-order valence-electron chi connectivity index (χ4n) is 3.86. The number of piperidine rings is 1. The van der Waals surface area contributed by atoms with Crippen molar-refractivity contribution in [2.75, 3.05) is 6.54 Å². The highest BCUT2D eigenvalue weighted by Crippen LogP contribution is 2.32. The second-order valence-corrected chi connectivity index (χ2v) is 8.10. The van der Waals surface area contributed by atoms with Gasteiger partial charge in [-0.15, -0.1) is 0 Å². The maximum Gasteiger partial charge on any atom is 0.243 e. The van der Waals surface area contributed by atoms with Crippen molar-refractivity contribution in [3.63, 3.8) is 0 Å². The highest BCUT2D eigenvalue weighted by atomic mass is 32.2. The zero-order valence-electron chi connectivity index (χ0n) is 12.7. The number of aryl methyl sites for hydroxylation is 1. The highest BCUT2D eigenvalue weighted by Gasteiger charge is 2.40. The molecule has 0 aromatic heterocycles. The number of rotatable bonds is 4. The first-order chi connectivity index (χ1) is 10.0. The molecule has 2 atom stereocenters. The van der Waals surface area contributed by atoms with E-state index < -0.39 is 10.0 Å². The van der Waals surface area contributed by atoms with Gasteiger partial charge in [0.1, 0.15) is 0 Å². The zero-order valence-corrected chi connectivity index (χ0v) is 13.6. The van der Waals surface area contributed by atoms with Crippen LogP contribution in [0.2, 0.25) is 0 Å². The molecule has 0 spiro atoms. The van der Waals surface area contributed by atoms with Crippen molar-refractivity contribution in [1.82, 2.24) is 9.62 Å². The molecule has 2 saturated heterocycles. The maximum atomic E-state index is 13.0. The minimum absolute atomic E-state index is 0.137. The topological polar surface area (TPSA) is 49.4 Å². The Morgan fingerprint density at radius 2 is 1.81 bits per heavy atom. The standard InChI is InChI=1S/C16H24N2O2S/c1-3-18(15-10-13-8-9-14(11-15)17-13)21(19,20)16-7-5-4-6-12(16)2/h4-7,13-15,17H,3,8-11H2,1-2H3. The van der Waals surface area contributed by atoms with E-state index in [0.29, 0.717) is 23.5 Å². The monoisotopic (exact) mass is 308 g/mol. The predicted octanol–water partition coefficient (Wildman–Crippen LogP) is 2.29. The van der Waals surface area contributed by atoms with E-state index in [4.69, 9.17) is 0 Å². The summed E-state index contributed by atoms with van der Waals surface area (Å²) in [7, 11) is -3.39. The Bertz CT molecular complexity index is 602. The second kappa shape index (κ2) is 5.71. The molecule has 2 aliphatic heterocycles. The molecule has 0 aliphatic carbocycles. The Hall–Kier alpha value is -0.910. The van der Waals surface area contributed by atoms with Gasteiger partial charge in [-0.05, 0) is 44.2 Å². The summed E-state index contributed by atoms with van der Waals surface area (Å²) in [5.74, 6) is 0. The van der Waals surface area contributed by atoms with Crippen LogP contribution in [0, 0.1) is 6.92 Å². The molecule has 4 nitrogen and oxygen atoms in total. The van der Waals surface area contributed by atoms with E-state index in [1.165, 1.54) is 12.8 Å². The van der Waals surface area contributed by atoms with Crippen LogP contribution in [-0.4, -0.2) is 37.4 Å². The van der Waals surface area contributed by atoms with Crippen LogP contribution >= 0.6 is 0 Å². The smallest absolute Gasteiger partial charge is 0.243 e. The van der Waals surface area contributed by atoms with Crippen molar-refractivity contribution in [2.45, 2.75) is 62.6 Å². The van der Waals surface area contributed by atoms with Gasteiger partial charge in [0.25, 0.3) is 0 Å². The molecule has 0 amide bonds. The molecule has 2 bridgehead atoms. The van der Waals surface area contributed by atoms with Gasteiger partial charge in [0.2, 0.25) is 10.0 Å². The summed E-state index contributed by atoms with van der Waals surface area (Å²) < 4.78 is 27.8. The van der Waals surface area contributed by atoms with Crippen LogP contribution in [0.25, 0.3) is 0 Å². The first-order valence-electron chi connectivity index (χ1n) is 7.86. The van der Waals surface area contributed by atoms with Gasteiger partial charge in [-0.1, -0.05) is 25.1 Å².